The van der Waals surface area contributed by atoms with Crippen molar-refractivity contribution in [3.05, 3.63) is 27.9 Å². The van der Waals surface area contributed by atoms with E-state index in [1.165, 1.54) is 20.0 Å². The van der Waals surface area contributed by atoms with Gasteiger partial charge in [-0.25, -0.2) is 14.3 Å². The van der Waals surface area contributed by atoms with Crippen molar-refractivity contribution in [1.29, 1.82) is 0 Å². The number of nitrogens with zero attached hydrogens (tertiary/aromatic N) is 5. The molecule has 0 radical (unpaired) electrons. The molecule has 4 heterocycles. The van der Waals surface area contributed by atoms with Crippen LogP contribution >= 0.6 is 0 Å². The van der Waals surface area contributed by atoms with Gasteiger partial charge < -0.3 is 4.90 Å². The number of carbonyl (C=O) groups is 1. The summed E-state index contributed by atoms with van der Waals surface area (Å²) < 4.78 is 43.2. The highest BCUT2D eigenvalue weighted by atomic mass is 19.3. The SMILES string of the molecule is Cc1nc2c(cc1F)c1c(c(=O)n2C)N(C(F)F)C(=O)C2CN(C)C(C)CN12. The van der Waals surface area contributed by atoms with Gasteiger partial charge in [-0.15, -0.1) is 0 Å². The smallest absolute Gasteiger partial charge is 0.321 e. The summed E-state index contributed by atoms with van der Waals surface area (Å²) in [6, 6.07) is 0.329. The molecule has 2 aliphatic rings. The molecule has 10 heteroatoms. The molecule has 150 valence electrons. The van der Waals surface area contributed by atoms with Gasteiger partial charge in [-0.2, -0.15) is 8.78 Å². The molecule has 7 nitrogen and oxygen atoms in total. The summed E-state index contributed by atoms with van der Waals surface area (Å²) >= 11 is 0. The van der Waals surface area contributed by atoms with Crippen LogP contribution in [0, 0.1) is 12.7 Å². The number of aromatic nitrogens is 2. The first kappa shape index (κ1) is 18.7. The van der Waals surface area contributed by atoms with Crippen molar-refractivity contribution in [2.45, 2.75) is 32.5 Å². The molecule has 2 atom stereocenters. The maximum absolute atomic E-state index is 14.3. The van der Waals surface area contributed by atoms with Crippen LogP contribution in [0.25, 0.3) is 11.0 Å². The molecular weight excluding hydrogens is 375 g/mol. The van der Waals surface area contributed by atoms with Crippen LogP contribution in [-0.4, -0.2) is 59.1 Å². The maximum Gasteiger partial charge on any atom is 0.321 e. The van der Waals surface area contributed by atoms with Gasteiger partial charge in [0, 0.05) is 31.6 Å². The van der Waals surface area contributed by atoms with Crippen LogP contribution in [0.3, 0.4) is 0 Å². The number of anilines is 2. The molecule has 0 aromatic carbocycles. The number of rotatable bonds is 1. The van der Waals surface area contributed by atoms with Crippen LogP contribution in [0.15, 0.2) is 10.9 Å². The van der Waals surface area contributed by atoms with E-state index in [1.54, 1.807) is 4.90 Å². The number of fused-ring (bicyclic) bond motifs is 5. The third kappa shape index (κ3) is 2.43. The summed E-state index contributed by atoms with van der Waals surface area (Å²) in [5, 5.41) is 0.236. The van der Waals surface area contributed by atoms with E-state index in [0.29, 0.717) is 6.54 Å². The summed E-state index contributed by atoms with van der Waals surface area (Å²) in [5.74, 6) is -1.44. The Labute approximate surface area is 158 Å². The Morgan fingerprint density at radius 1 is 1.18 bits per heavy atom. The number of amides is 1. The standard InChI is InChI=1S/C18H20F3N5O2/c1-8-6-25-12(7-23(8)3)16(27)26(18(20)21)14-13(25)10-5-11(19)9(2)22-15(10)24(4)17(14)28/h5,8,12,18H,6-7H2,1-4H3. The third-order valence-electron chi connectivity index (χ3n) is 5.73. The van der Waals surface area contributed by atoms with Crippen molar-refractivity contribution in [2.75, 3.05) is 29.9 Å². The predicted molar refractivity (Wildman–Crippen MR) is 98.4 cm³/mol. The van der Waals surface area contributed by atoms with Crippen LogP contribution in [-0.2, 0) is 11.8 Å². The monoisotopic (exact) mass is 395 g/mol. The van der Waals surface area contributed by atoms with Crippen LogP contribution in [0.4, 0.5) is 24.5 Å². The van der Waals surface area contributed by atoms with Gasteiger partial charge in [0.25, 0.3) is 11.5 Å². The Morgan fingerprint density at radius 2 is 1.86 bits per heavy atom. The number of hydrogen-bond donors (Lipinski definition) is 0. The number of carbonyl (C=O) groups excluding carboxylic acids is 1. The summed E-state index contributed by atoms with van der Waals surface area (Å²) in [6.07, 6.45) is 0. The second-order valence-electron chi connectivity index (χ2n) is 7.43. The van der Waals surface area contributed by atoms with Crippen LogP contribution in [0.5, 0.6) is 0 Å². The lowest BCUT2D eigenvalue weighted by Gasteiger charge is -2.49. The van der Waals surface area contributed by atoms with E-state index in [1.807, 2.05) is 18.9 Å². The minimum atomic E-state index is -3.19. The quantitative estimate of drug-likeness (QED) is 0.685. The van der Waals surface area contributed by atoms with Gasteiger partial charge in [-0.05, 0) is 27.0 Å². The van der Waals surface area contributed by atoms with Crippen LogP contribution in [0.1, 0.15) is 12.6 Å². The Balaban J connectivity index is 2.12. The number of piperazine rings is 1. The molecule has 4 rings (SSSR count). The minimum absolute atomic E-state index is 0.0114. The van der Waals surface area contributed by atoms with E-state index in [4.69, 9.17) is 0 Å². The Kier molecular flexibility index (Phi) is 4.14. The fraction of sp³-hybridized carbons (Fsp3) is 0.500. The van der Waals surface area contributed by atoms with E-state index in [2.05, 4.69) is 4.98 Å². The van der Waals surface area contributed by atoms with Gasteiger partial charge in [0.15, 0.2) is 0 Å². The van der Waals surface area contributed by atoms with E-state index in [-0.39, 0.29) is 39.9 Å². The zero-order valence-corrected chi connectivity index (χ0v) is 15.9. The molecule has 2 aromatic heterocycles. The largest absolute Gasteiger partial charge is 0.354 e. The summed E-state index contributed by atoms with van der Waals surface area (Å²) in [5.41, 5.74) is -0.748. The normalized spacial score (nSPS) is 22.8. The zero-order chi connectivity index (χ0) is 20.5. The van der Waals surface area contributed by atoms with Gasteiger partial charge in [0.05, 0.1) is 11.4 Å². The Morgan fingerprint density at radius 3 is 2.50 bits per heavy atom. The molecule has 1 amide bonds. The third-order valence-corrected chi connectivity index (χ3v) is 5.73. The molecule has 28 heavy (non-hydrogen) atoms. The Bertz CT molecular complexity index is 1050. The van der Waals surface area contributed by atoms with Crippen LogP contribution < -0.4 is 15.4 Å². The molecule has 2 aromatic rings. The van der Waals surface area contributed by atoms with E-state index in [9.17, 15) is 22.8 Å². The first-order valence-electron chi connectivity index (χ1n) is 8.91. The molecule has 2 aliphatic heterocycles. The topological polar surface area (TPSA) is 61.7 Å². The van der Waals surface area contributed by atoms with Gasteiger partial charge in [-0.1, -0.05) is 0 Å². The van der Waals surface area contributed by atoms with Gasteiger partial charge >= 0.3 is 6.55 Å². The summed E-state index contributed by atoms with van der Waals surface area (Å²) in [7, 11) is 3.19. The minimum Gasteiger partial charge on any atom is -0.354 e. The number of hydrogen-bond acceptors (Lipinski definition) is 5. The number of likely N-dealkylation sites (N-methyl/N-ethyl adjacent to an activating group) is 1. The molecule has 0 saturated carbocycles. The lowest BCUT2D eigenvalue weighted by molar-refractivity contribution is -0.123. The van der Waals surface area contributed by atoms with Crippen LogP contribution in [0.2, 0.25) is 0 Å². The molecule has 1 fully saturated rings. The highest BCUT2D eigenvalue weighted by molar-refractivity contribution is 6.11. The van der Waals surface area contributed by atoms with Crippen molar-refractivity contribution >= 4 is 28.3 Å². The fourth-order valence-electron chi connectivity index (χ4n) is 4.02. The maximum atomic E-state index is 14.3. The van der Waals surface area contributed by atoms with Gasteiger partial charge in [0.1, 0.15) is 23.2 Å². The molecule has 0 bridgehead atoms. The van der Waals surface area contributed by atoms with Crippen molar-refractivity contribution in [3.63, 3.8) is 0 Å². The number of aryl methyl sites for hydroxylation is 2. The van der Waals surface area contributed by atoms with Crippen molar-refractivity contribution in [2.24, 2.45) is 7.05 Å². The van der Waals surface area contributed by atoms with Gasteiger partial charge in [0.2, 0.25) is 0 Å². The summed E-state index contributed by atoms with van der Waals surface area (Å²) in [6.45, 7) is 0.780. The number of alkyl halides is 2. The second kappa shape index (κ2) is 6.20. The molecule has 2 unspecified atom stereocenters. The Hall–Kier alpha value is -2.62. The first-order chi connectivity index (χ1) is 13.1. The first-order valence-corrected chi connectivity index (χ1v) is 8.91. The van der Waals surface area contributed by atoms with Crippen molar-refractivity contribution in [3.8, 4) is 0 Å². The average Bonchev–Trinajstić information content (AvgIpc) is 2.62. The van der Waals surface area contributed by atoms with E-state index < -0.39 is 35.6 Å². The average molecular weight is 395 g/mol. The number of pyridine rings is 2. The lowest BCUT2D eigenvalue weighted by atomic mass is 9.99. The zero-order valence-electron chi connectivity index (χ0n) is 15.9. The van der Waals surface area contributed by atoms with Gasteiger partial charge in [-0.3, -0.25) is 19.1 Å². The highest BCUT2D eigenvalue weighted by Gasteiger charge is 2.47. The lowest BCUT2D eigenvalue weighted by Crippen LogP contribution is -2.66. The molecular formula is C18H20F3N5O2. The molecule has 0 spiro atoms. The highest BCUT2D eigenvalue weighted by Crippen LogP contribution is 2.42. The molecule has 0 N–H and O–H groups in total. The predicted octanol–water partition coefficient (Wildman–Crippen LogP) is 1.46. The summed E-state index contributed by atoms with van der Waals surface area (Å²) in [4.78, 5) is 33.8. The van der Waals surface area contributed by atoms with E-state index >= 15 is 0 Å². The van der Waals surface area contributed by atoms with Crippen molar-refractivity contribution in [1.82, 2.24) is 14.5 Å². The molecule has 1 saturated heterocycles. The van der Waals surface area contributed by atoms with E-state index in [0.717, 1.165) is 4.57 Å². The van der Waals surface area contributed by atoms with Crippen molar-refractivity contribution < 1.29 is 18.0 Å². The fourth-order valence-corrected chi connectivity index (χ4v) is 4.02. The number of halogens is 3. The molecule has 0 aliphatic carbocycles. The second-order valence-corrected chi connectivity index (χ2v) is 7.43.